The molecule has 0 amide bonds. The van der Waals surface area contributed by atoms with E-state index < -0.39 is 0 Å². The monoisotopic (exact) mass is 208 g/mol. The molecule has 3 N–H and O–H groups in total. The van der Waals surface area contributed by atoms with E-state index in [0.717, 1.165) is 26.3 Å². The minimum Gasteiger partial charge on any atom is -1.00 e. The van der Waals surface area contributed by atoms with Gasteiger partial charge in [0, 0.05) is 18.4 Å². The number of nitrogens with one attached hydrogen (secondary N) is 1. The van der Waals surface area contributed by atoms with E-state index in [-0.39, 0.29) is 12.4 Å². The number of hydrogen-bond acceptors (Lipinski definition) is 5. The number of hydrazine groups is 1. The van der Waals surface area contributed by atoms with Gasteiger partial charge < -0.3 is 17.1 Å². The molecule has 2 aliphatic heterocycles. The highest BCUT2D eigenvalue weighted by molar-refractivity contribution is 4.70. The van der Waals surface area contributed by atoms with Gasteiger partial charge in [0.1, 0.15) is 6.20 Å². The minimum absolute atomic E-state index is 0. The second-order valence-electron chi connectivity index (χ2n) is 2.65. The van der Waals surface area contributed by atoms with Gasteiger partial charge in [0.25, 0.3) is 0 Å². The molecule has 0 saturated carbocycles. The summed E-state index contributed by atoms with van der Waals surface area (Å²) in [5, 5.41) is 4.31. The molecule has 1 unspecified atom stereocenters. The minimum atomic E-state index is 0. The standard InChI is InChI=1S/C6H12N4O2.ClH/c7-10-9(3-6-12-10)8-1-4-11-5-2-8;/h3,6H,1-2,4-5,7H2;1H. The van der Waals surface area contributed by atoms with Gasteiger partial charge in [-0.1, -0.05) is 5.12 Å². The zero-order valence-corrected chi connectivity index (χ0v) is 7.91. The molecule has 1 atom stereocenters. The van der Waals surface area contributed by atoms with Crippen molar-refractivity contribution in [2.45, 2.75) is 0 Å². The molecular formula is C6H13ClN4O2. The summed E-state index contributed by atoms with van der Waals surface area (Å²) in [5.41, 5.74) is 0. The van der Waals surface area contributed by atoms with E-state index in [1.165, 1.54) is 0 Å². The van der Waals surface area contributed by atoms with Crippen LogP contribution in [0.1, 0.15) is 0 Å². The van der Waals surface area contributed by atoms with E-state index >= 15 is 0 Å². The first kappa shape index (κ1) is 10.6. The van der Waals surface area contributed by atoms with Crippen LogP contribution in [0.4, 0.5) is 0 Å². The second-order valence-corrected chi connectivity index (χ2v) is 2.65. The number of morpholine rings is 1. The van der Waals surface area contributed by atoms with Crippen LogP contribution in [0, 0.1) is 0 Å². The molecule has 1 fully saturated rings. The molecule has 0 radical (unpaired) electrons. The fourth-order valence-electron chi connectivity index (χ4n) is 1.29. The van der Waals surface area contributed by atoms with Crippen LogP contribution < -0.4 is 23.5 Å². The Labute approximate surface area is 82.7 Å². The molecule has 7 heteroatoms. The first-order valence-corrected chi connectivity index (χ1v) is 3.95. The third kappa shape index (κ3) is 2.23. The molecule has 2 heterocycles. The van der Waals surface area contributed by atoms with Crippen molar-refractivity contribution in [2.24, 2.45) is 5.84 Å². The molecule has 2 aliphatic rings. The number of ether oxygens (including phenoxy) is 1. The summed E-state index contributed by atoms with van der Waals surface area (Å²) >= 11 is 0. The van der Waals surface area contributed by atoms with E-state index in [1.54, 1.807) is 12.5 Å². The van der Waals surface area contributed by atoms with Crippen molar-refractivity contribution in [2.75, 3.05) is 26.3 Å². The Kier molecular flexibility index (Phi) is 3.76. The second kappa shape index (κ2) is 4.64. The summed E-state index contributed by atoms with van der Waals surface area (Å²) in [4.78, 5) is 4.98. The smallest absolute Gasteiger partial charge is 0.183 e. The lowest BCUT2D eigenvalue weighted by Gasteiger charge is -2.31. The topological polar surface area (TPSA) is 55.4 Å². The SMILES string of the molecule is N[NH+]1OC=CN1N1CCOCC1.[Cl-]. The highest BCUT2D eigenvalue weighted by atomic mass is 35.5. The summed E-state index contributed by atoms with van der Waals surface area (Å²) in [6.45, 7) is 3.21. The lowest BCUT2D eigenvalue weighted by molar-refractivity contribution is -1.18. The zero-order chi connectivity index (χ0) is 8.39. The van der Waals surface area contributed by atoms with E-state index in [2.05, 4.69) is 5.01 Å². The van der Waals surface area contributed by atoms with Crippen molar-refractivity contribution in [1.29, 1.82) is 0 Å². The van der Waals surface area contributed by atoms with Gasteiger partial charge in [-0.3, -0.25) is 4.84 Å². The van der Waals surface area contributed by atoms with Crippen molar-refractivity contribution < 1.29 is 27.3 Å². The molecule has 6 nitrogen and oxygen atoms in total. The number of nitrogens with two attached hydrogens (primary N) is 1. The van der Waals surface area contributed by atoms with E-state index in [1.807, 2.05) is 5.12 Å². The Morgan fingerprint density at radius 2 is 2.00 bits per heavy atom. The lowest BCUT2D eigenvalue weighted by Crippen LogP contribution is -3.21. The van der Waals surface area contributed by atoms with Gasteiger partial charge in [0.15, 0.2) is 6.26 Å². The fraction of sp³-hybridized carbons (Fsp3) is 0.667. The Bertz CT molecular complexity index is 185. The summed E-state index contributed by atoms with van der Waals surface area (Å²) in [7, 11) is 0. The average molecular weight is 209 g/mol. The van der Waals surface area contributed by atoms with E-state index in [0.29, 0.717) is 5.28 Å². The maximum atomic E-state index is 5.59. The van der Waals surface area contributed by atoms with Crippen LogP contribution in [0.2, 0.25) is 0 Å². The normalized spacial score (nSPS) is 28.4. The number of rotatable bonds is 1. The van der Waals surface area contributed by atoms with Gasteiger partial charge in [0.2, 0.25) is 0 Å². The third-order valence-corrected chi connectivity index (χ3v) is 1.91. The molecule has 13 heavy (non-hydrogen) atoms. The molecule has 0 bridgehead atoms. The van der Waals surface area contributed by atoms with E-state index in [9.17, 15) is 0 Å². The molecule has 0 aromatic heterocycles. The number of nitrogens with zero attached hydrogens (tertiary/aromatic N) is 2. The summed E-state index contributed by atoms with van der Waals surface area (Å²) < 4.78 is 5.21. The van der Waals surface area contributed by atoms with Crippen LogP contribution in [0.3, 0.4) is 0 Å². The molecule has 0 aliphatic carbocycles. The predicted molar refractivity (Wildman–Crippen MR) is 39.6 cm³/mol. The van der Waals surface area contributed by atoms with Gasteiger partial charge in [-0.2, -0.15) is 5.01 Å². The molecule has 0 spiro atoms. The first-order chi connectivity index (χ1) is 5.88. The highest BCUT2D eigenvalue weighted by Gasteiger charge is 2.27. The highest BCUT2D eigenvalue weighted by Crippen LogP contribution is 2.00. The molecular weight excluding hydrogens is 196 g/mol. The van der Waals surface area contributed by atoms with Crippen LogP contribution >= 0.6 is 0 Å². The third-order valence-electron chi connectivity index (χ3n) is 1.91. The molecule has 0 aromatic rings. The average Bonchev–Trinajstić information content (AvgIpc) is 2.53. The number of halogens is 1. The van der Waals surface area contributed by atoms with Crippen molar-refractivity contribution in [3.05, 3.63) is 12.5 Å². The summed E-state index contributed by atoms with van der Waals surface area (Å²) in [6.07, 6.45) is 3.38. The Hall–Kier alpha value is -0.530. The fourth-order valence-corrected chi connectivity index (χ4v) is 1.29. The maximum absolute atomic E-state index is 5.59. The largest absolute Gasteiger partial charge is 1.00 e. The number of quaternary nitrogens is 1. The molecule has 1 saturated heterocycles. The van der Waals surface area contributed by atoms with Crippen LogP contribution in [-0.2, 0) is 9.57 Å². The van der Waals surface area contributed by atoms with Gasteiger partial charge >= 0.3 is 0 Å². The van der Waals surface area contributed by atoms with Gasteiger partial charge in [-0.05, 0) is 0 Å². The van der Waals surface area contributed by atoms with Crippen molar-refractivity contribution >= 4 is 0 Å². The van der Waals surface area contributed by atoms with Crippen LogP contribution in [0.5, 0.6) is 0 Å². The number of hydrogen-bond donors (Lipinski definition) is 2. The van der Waals surface area contributed by atoms with Gasteiger partial charge in [0.05, 0.1) is 13.2 Å². The van der Waals surface area contributed by atoms with Crippen molar-refractivity contribution in [3.8, 4) is 0 Å². The Balaban J connectivity index is 0.000000845. The van der Waals surface area contributed by atoms with Crippen LogP contribution in [-0.4, -0.2) is 36.4 Å². The Morgan fingerprint density at radius 1 is 1.31 bits per heavy atom. The van der Waals surface area contributed by atoms with Crippen molar-refractivity contribution in [1.82, 2.24) is 10.1 Å². The van der Waals surface area contributed by atoms with Crippen LogP contribution in [0.25, 0.3) is 0 Å². The van der Waals surface area contributed by atoms with Gasteiger partial charge in [-0.15, -0.1) is 5.84 Å². The first-order valence-electron chi connectivity index (χ1n) is 3.95. The zero-order valence-electron chi connectivity index (χ0n) is 7.15. The lowest BCUT2D eigenvalue weighted by atomic mass is 10.5. The summed E-state index contributed by atoms with van der Waals surface area (Å²) in [5.74, 6) is 5.59. The molecule has 2 rings (SSSR count). The van der Waals surface area contributed by atoms with Crippen molar-refractivity contribution in [3.63, 3.8) is 0 Å². The van der Waals surface area contributed by atoms with Crippen LogP contribution in [0.15, 0.2) is 12.5 Å². The molecule has 0 aromatic carbocycles. The maximum Gasteiger partial charge on any atom is 0.183 e. The van der Waals surface area contributed by atoms with E-state index in [4.69, 9.17) is 15.4 Å². The quantitative estimate of drug-likeness (QED) is 0.422. The summed E-state index contributed by atoms with van der Waals surface area (Å²) in [6, 6.07) is 0. The van der Waals surface area contributed by atoms with Gasteiger partial charge in [-0.25, -0.2) is 0 Å². The molecule has 76 valence electrons. The Morgan fingerprint density at radius 3 is 2.54 bits per heavy atom. The predicted octanol–water partition coefficient (Wildman–Crippen LogP) is -5.37.